The van der Waals surface area contributed by atoms with E-state index < -0.39 is 0 Å². The number of nitrogens with zero attached hydrogens (tertiary/aromatic N) is 1. The maximum absolute atomic E-state index is 11.8. The van der Waals surface area contributed by atoms with Crippen LogP contribution in [0.15, 0.2) is 23.0 Å². The van der Waals surface area contributed by atoms with Gasteiger partial charge in [-0.3, -0.25) is 4.79 Å². The first-order valence-corrected chi connectivity index (χ1v) is 4.75. The Kier molecular flexibility index (Phi) is 2.29. The Morgan fingerprint density at radius 1 is 1.64 bits per heavy atom. The lowest BCUT2D eigenvalue weighted by Gasteiger charge is -2.14. The molecular formula is C10H14N2O2. The topological polar surface area (TPSA) is 59.5 Å². The smallest absolute Gasteiger partial charge is 0.257 e. The molecule has 1 amide bonds. The van der Waals surface area contributed by atoms with Gasteiger partial charge in [0.2, 0.25) is 0 Å². The van der Waals surface area contributed by atoms with E-state index in [-0.39, 0.29) is 11.9 Å². The molecule has 0 spiro atoms. The van der Waals surface area contributed by atoms with E-state index in [9.17, 15) is 4.79 Å². The van der Waals surface area contributed by atoms with Crippen molar-refractivity contribution in [3.63, 3.8) is 0 Å². The van der Waals surface area contributed by atoms with Gasteiger partial charge < -0.3 is 15.1 Å². The van der Waals surface area contributed by atoms with Crippen LogP contribution < -0.4 is 5.73 Å². The lowest BCUT2D eigenvalue weighted by Crippen LogP contribution is -2.31. The first-order chi connectivity index (χ1) is 6.68. The molecule has 1 aromatic rings. The first-order valence-electron chi connectivity index (χ1n) is 4.75. The number of hydrogen-bond donors (Lipinski definition) is 1. The highest BCUT2D eigenvalue weighted by atomic mass is 16.3. The molecule has 2 atom stereocenters. The van der Waals surface area contributed by atoms with Crippen molar-refractivity contribution >= 4 is 5.91 Å². The minimum atomic E-state index is 0.0125. The Balaban J connectivity index is 2.07. The number of nitrogens with two attached hydrogens (primary N) is 1. The molecule has 0 aliphatic carbocycles. The number of rotatable bonds is 1. The van der Waals surface area contributed by atoms with Crippen molar-refractivity contribution in [3.05, 3.63) is 24.2 Å². The van der Waals surface area contributed by atoms with E-state index in [0.29, 0.717) is 18.0 Å². The summed E-state index contributed by atoms with van der Waals surface area (Å²) in [7, 11) is 0. The maximum Gasteiger partial charge on any atom is 0.257 e. The molecule has 1 aliphatic rings. The number of hydrogen-bond acceptors (Lipinski definition) is 3. The largest absolute Gasteiger partial charge is 0.472 e. The van der Waals surface area contributed by atoms with Crippen molar-refractivity contribution in [2.45, 2.75) is 13.0 Å². The van der Waals surface area contributed by atoms with Crippen LogP contribution in [0.5, 0.6) is 0 Å². The quantitative estimate of drug-likeness (QED) is 0.715. The fourth-order valence-corrected chi connectivity index (χ4v) is 1.73. The van der Waals surface area contributed by atoms with Gasteiger partial charge in [0.1, 0.15) is 6.26 Å². The van der Waals surface area contributed by atoms with Crippen molar-refractivity contribution in [3.8, 4) is 0 Å². The summed E-state index contributed by atoms with van der Waals surface area (Å²) in [5.41, 5.74) is 6.45. The summed E-state index contributed by atoms with van der Waals surface area (Å²) in [4.78, 5) is 13.6. The third-order valence-corrected chi connectivity index (χ3v) is 2.73. The molecule has 4 heteroatoms. The number of carbonyl (C=O) groups is 1. The van der Waals surface area contributed by atoms with Crippen LogP contribution in [0.3, 0.4) is 0 Å². The highest BCUT2D eigenvalue weighted by Gasteiger charge is 2.30. The van der Waals surface area contributed by atoms with Crippen molar-refractivity contribution in [1.82, 2.24) is 4.90 Å². The van der Waals surface area contributed by atoms with E-state index in [1.165, 1.54) is 12.5 Å². The summed E-state index contributed by atoms with van der Waals surface area (Å²) in [6.07, 6.45) is 2.98. The Labute approximate surface area is 82.7 Å². The Morgan fingerprint density at radius 3 is 2.93 bits per heavy atom. The highest BCUT2D eigenvalue weighted by molar-refractivity contribution is 5.94. The predicted octanol–water partition coefficient (Wildman–Crippen LogP) is 0.699. The third-order valence-electron chi connectivity index (χ3n) is 2.73. The van der Waals surface area contributed by atoms with Crippen LogP contribution in [0, 0.1) is 5.92 Å². The number of likely N-dealkylation sites (tertiary alicyclic amines) is 1. The molecule has 1 aliphatic heterocycles. The minimum absolute atomic E-state index is 0.0125. The van der Waals surface area contributed by atoms with Gasteiger partial charge in [-0.15, -0.1) is 0 Å². The van der Waals surface area contributed by atoms with Gasteiger partial charge in [-0.2, -0.15) is 0 Å². The van der Waals surface area contributed by atoms with Gasteiger partial charge in [0.05, 0.1) is 11.8 Å². The molecule has 0 bridgehead atoms. The van der Waals surface area contributed by atoms with E-state index >= 15 is 0 Å². The monoisotopic (exact) mass is 194 g/mol. The zero-order valence-electron chi connectivity index (χ0n) is 8.14. The van der Waals surface area contributed by atoms with Crippen LogP contribution in [-0.4, -0.2) is 29.9 Å². The summed E-state index contributed by atoms with van der Waals surface area (Å²) in [5, 5.41) is 0. The summed E-state index contributed by atoms with van der Waals surface area (Å²) >= 11 is 0. The van der Waals surface area contributed by atoms with Crippen LogP contribution in [0.4, 0.5) is 0 Å². The SMILES string of the molecule is CC1CN(C(=O)c2ccoc2)CC1N. The average Bonchev–Trinajstić information content (AvgIpc) is 2.76. The van der Waals surface area contributed by atoms with Crippen molar-refractivity contribution < 1.29 is 9.21 Å². The second-order valence-electron chi connectivity index (χ2n) is 3.86. The van der Waals surface area contributed by atoms with Crippen molar-refractivity contribution in [1.29, 1.82) is 0 Å². The van der Waals surface area contributed by atoms with E-state index in [4.69, 9.17) is 10.2 Å². The average molecular weight is 194 g/mol. The Bertz CT molecular complexity index is 311. The summed E-state index contributed by atoms with van der Waals surface area (Å²) in [5.74, 6) is 0.393. The summed E-state index contributed by atoms with van der Waals surface area (Å²) in [6, 6.07) is 1.78. The second kappa shape index (κ2) is 3.46. The predicted molar refractivity (Wildman–Crippen MR) is 51.8 cm³/mol. The molecule has 0 saturated carbocycles. The number of carbonyl (C=O) groups excluding carboxylic acids is 1. The molecule has 76 valence electrons. The summed E-state index contributed by atoms with van der Waals surface area (Å²) < 4.78 is 4.87. The standard InChI is InChI=1S/C10H14N2O2/c1-7-4-12(5-9(7)11)10(13)8-2-3-14-6-8/h2-3,6-7,9H,4-5,11H2,1H3. The second-order valence-corrected chi connectivity index (χ2v) is 3.86. The molecule has 0 radical (unpaired) electrons. The van der Waals surface area contributed by atoms with E-state index in [0.717, 1.165) is 6.54 Å². The molecular weight excluding hydrogens is 180 g/mol. The molecule has 1 aromatic heterocycles. The first kappa shape index (κ1) is 9.27. The Hall–Kier alpha value is -1.29. The molecule has 2 rings (SSSR count). The van der Waals surface area contributed by atoms with Gasteiger partial charge in [-0.05, 0) is 12.0 Å². The summed E-state index contributed by atoms with van der Waals surface area (Å²) in [6.45, 7) is 3.45. The Morgan fingerprint density at radius 2 is 2.43 bits per heavy atom. The van der Waals surface area contributed by atoms with E-state index in [2.05, 4.69) is 6.92 Å². The van der Waals surface area contributed by atoms with Crippen LogP contribution in [-0.2, 0) is 0 Å². The van der Waals surface area contributed by atoms with Crippen LogP contribution >= 0.6 is 0 Å². The zero-order chi connectivity index (χ0) is 10.1. The zero-order valence-corrected chi connectivity index (χ0v) is 8.14. The van der Waals surface area contributed by atoms with Crippen LogP contribution in [0.25, 0.3) is 0 Å². The molecule has 2 unspecified atom stereocenters. The lowest BCUT2D eigenvalue weighted by atomic mass is 10.1. The minimum Gasteiger partial charge on any atom is -0.472 e. The van der Waals surface area contributed by atoms with E-state index in [1.807, 2.05) is 0 Å². The number of furan rings is 1. The number of amides is 1. The van der Waals surface area contributed by atoms with E-state index in [1.54, 1.807) is 11.0 Å². The fourth-order valence-electron chi connectivity index (χ4n) is 1.73. The highest BCUT2D eigenvalue weighted by Crippen LogP contribution is 2.17. The van der Waals surface area contributed by atoms with Gasteiger partial charge >= 0.3 is 0 Å². The molecule has 1 fully saturated rings. The molecule has 0 aromatic carbocycles. The van der Waals surface area contributed by atoms with Crippen LogP contribution in [0.1, 0.15) is 17.3 Å². The van der Waals surface area contributed by atoms with Crippen molar-refractivity contribution in [2.24, 2.45) is 11.7 Å². The molecule has 2 heterocycles. The van der Waals surface area contributed by atoms with Gasteiger partial charge in [0, 0.05) is 19.1 Å². The van der Waals surface area contributed by atoms with Gasteiger partial charge in [-0.25, -0.2) is 0 Å². The van der Waals surface area contributed by atoms with Gasteiger partial charge in [0.25, 0.3) is 5.91 Å². The van der Waals surface area contributed by atoms with Gasteiger partial charge in [-0.1, -0.05) is 6.92 Å². The molecule has 4 nitrogen and oxygen atoms in total. The third kappa shape index (κ3) is 1.53. The molecule has 2 N–H and O–H groups in total. The van der Waals surface area contributed by atoms with Crippen LogP contribution in [0.2, 0.25) is 0 Å². The normalized spacial score (nSPS) is 26.9. The maximum atomic E-state index is 11.8. The fraction of sp³-hybridized carbons (Fsp3) is 0.500. The molecule has 1 saturated heterocycles. The lowest BCUT2D eigenvalue weighted by molar-refractivity contribution is 0.0786. The molecule has 14 heavy (non-hydrogen) atoms. The van der Waals surface area contributed by atoms with Gasteiger partial charge in [0.15, 0.2) is 0 Å². The van der Waals surface area contributed by atoms with Crippen molar-refractivity contribution in [2.75, 3.05) is 13.1 Å².